The van der Waals surface area contributed by atoms with Crippen LogP contribution in [0.2, 0.25) is 0 Å². The van der Waals surface area contributed by atoms with E-state index < -0.39 is 0 Å². The largest absolute Gasteiger partial charge is 0.342 e. The van der Waals surface area contributed by atoms with Crippen LogP contribution >= 0.6 is 0 Å². The zero-order valence-corrected chi connectivity index (χ0v) is 12.7. The van der Waals surface area contributed by atoms with E-state index in [2.05, 4.69) is 24.1 Å². The molecule has 1 saturated carbocycles. The molecule has 1 saturated heterocycles. The van der Waals surface area contributed by atoms with Gasteiger partial charge in [-0.1, -0.05) is 20.3 Å². The zero-order valence-electron chi connectivity index (χ0n) is 12.7. The van der Waals surface area contributed by atoms with Gasteiger partial charge in [0.1, 0.15) is 0 Å². The van der Waals surface area contributed by atoms with Gasteiger partial charge in [0.15, 0.2) is 0 Å². The van der Waals surface area contributed by atoms with Crippen LogP contribution in [0.1, 0.15) is 58.8 Å². The van der Waals surface area contributed by atoms with Crippen molar-refractivity contribution in [1.29, 1.82) is 0 Å². The summed E-state index contributed by atoms with van der Waals surface area (Å²) in [6, 6.07) is 0. The Bertz CT molecular complexity index is 288. The van der Waals surface area contributed by atoms with Gasteiger partial charge in [-0.25, -0.2) is 0 Å². The summed E-state index contributed by atoms with van der Waals surface area (Å²) in [5.74, 6) is 1.24. The molecule has 1 aliphatic carbocycles. The molecule has 1 aliphatic heterocycles. The Morgan fingerprint density at radius 3 is 2.63 bits per heavy atom. The molecule has 1 atom stereocenters. The van der Waals surface area contributed by atoms with Gasteiger partial charge in [-0.05, 0) is 51.0 Å². The van der Waals surface area contributed by atoms with Gasteiger partial charge in [0.05, 0.1) is 5.41 Å². The molecule has 0 radical (unpaired) electrons. The lowest BCUT2D eigenvalue weighted by Crippen LogP contribution is -2.52. The van der Waals surface area contributed by atoms with Crippen LogP contribution in [0.25, 0.3) is 0 Å². The number of nitrogens with one attached hydrogen (secondary N) is 1. The van der Waals surface area contributed by atoms with E-state index in [4.69, 9.17) is 0 Å². The Kier molecular flexibility index (Phi) is 5.26. The number of hydrogen-bond donors (Lipinski definition) is 1. The van der Waals surface area contributed by atoms with Crippen molar-refractivity contribution in [1.82, 2.24) is 10.2 Å². The maximum absolute atomic E-state index is 13.0. The van der Waals surface area contributed by atoms with E-state index in [0.29, 0.717) is 5.91 Å². The molecule has 1 N–H and O–H groups in total. The van der Waals surface area contributed by atoms with Crippen LogP contribution in [0.3, 0.4) is 0 Å². The second-order valence-electron chi connectivity index (χ2n) is 6.51. The molecule has 110 valence electrons. The zero-order chi connectivity index (χ0) is 13.7. The number of carbonyl (C=O) groups is 1. The van der Waals surface area contributed by atoms with Gasteiger partial charge in [-0.2, -0.15) is 0 Å². The van der Waals surface area contributed by atoms with Gasteiger partial charge in [0.2, 0.25) is 5.91 Å². The van der Waals surface area contributed by atoms with Crippen molar-refractivity contribution < 1.29 is 4.79 Å². The van der Waals surface area contributed by atoms with E-state index in [1.54, 1.807) is 0 Å². The highest BCUT2D eigenvalue weighted by Gasteiger charge is 2.42. The third kappa shape index (κ3) is 3.71. The van der Waals surface area contributed by atoms with Crippen LogP contribution in [0.15, 0.2) is 0 Å². The summed E-state index contributed by atoms with van der Waals surface area (Å²) in [6.45, 7) is 8.31. The molecule has 3 heteroatoms. The van der Waals surface area contributed by atoms with Gasteiger partial charge in [-0.3, -0.25) is 4.79 Å². The highest BCUT2D eigenvalue weighted by Crippen LogP contribution is 2.36. The van der Waals surface area contributed by atoms with Crippen LogP contribution in [-0.4, -0.2) is 37.0 Å². The number of piperidine rings is 1. The molecular formula is C16H30N2O. The molecule has 1 heterocycles. The Balaban J connectivity index is 2.05. The standard InChI is InChI=1S/C16H30N2O/c1-3-8-16(9-5-10-17-13-16)15(19)18(11-4-2)12-14-6-7-14/h14,17H,3-13H2,1-2H3. The van der Waals surface area contributed by atoms with E-state index in [1.807, 2.05) is 0 Å². The maximum atomic E-state index is 13.0. The Hall–Kier alpha value is -0.570. The van der Waals surface area contributed by atoms with Crippen molar-refractivity contribution in [3.8, 4) is 0 Å². The average molecular weight is 266 g/mol. The molecule has 19 heavy (non-hydrogen) atoms. The topological polar surface area (TPSA) is 32.3 Å². The van der Waals surface area contributed by atoms with Crippen molar-refractivity contribution in [2.75, 3.05) is 26.2 Å². The lowest BCUT2D eigenvalue weighted by atomic mass is 9.75. The molecule has 0 aromatic rings. The van der Waals surface area contributed by atoms with Crippen LogP contribution in [-0.2, 0) is 4.79 Å². The molecule has 0 spiro atoms. The number of rotatable bonds is 7. The van der Waals surface area contributed by atoms with Crippen molar-refractivity contribution in [3.05, 3.63) is 0 Å². The van der Waals surface area contributed by atoms with Crippen LogP contribution in [0.4, 0.5) is 0 Å². The van der Waals surface area contributed by atoms with Gasteiger partial charge >= 0.3 is 0 Å². The molecule has 2 aliphatic rings. The molecule has 0 aromatic heterocycles. The van der Waals surface area contributed by atoms with Crippen LogP contribution < -0.4 is 5.32 Å². The summed E-state index contributed by atoms with van der Waals surface area (Å²) in [6.07, 6.45) is 8.11. The van der Waals surface area contributed by atoms with Gasteiger partial charge in [-0.15, -0.1) is 0 Å². The SMILES string of the molecule is CCCN(CC1CC1)C(=O)C1(CCC)CCCNC1. The molecular weight excluding hydrogens is 236 g/mol. The predicted octanol–water partition coefficient (Wildman–Crippen LogP) is 2.80. The minimum atomic E-state index is -0.100. The van der Waals surface area contributed by atoms with Crippen LogP contribution in [0.5, 0.6) is 0 Å². The molecule has 1 amide bonds. The van der Waals surface area contributed by atoms with Crippen molar-refractivity contribution in [2.45, 2.75) is 58.8 Å². The van der Waals surface area contributed by atoms with E-state index >= 15 is 0 Å². The monoisotopic (exact) mass is 266 g/mol. The Morgan fingerprint density at radius 2 is 2.11 bits per heavy atom. The first-order chi connectivity index (χ1) is 9.22. The van der Waals surface area contributed by atoms with Crippen LogP contribution in [0, 0.1) is 11.3 Å². The fourth-order valence-electron chi connectivity index (χ4n) is 3.44. The van der Waals surface area contributed by atoms with Crippen molar-refractivity contribution >= 4 is 5.91 Å². The van der Waals surface area contributed by atoms with Gasteiger partial charge < -0.3 is 10.2 Å². The minimum absolute atomic E-state index is 0.100. The Morgan fingerprint density at radius 1 is 1.32 bits per heavy atom. The van der Waals surface area contributed by atoms with E-state index in [-0.39, 0.29) is 5.41 Å². The first-order valence-electron chi connectivity index (χ1n) is 8.22. The quantitative estimate of drug-likeness (QED) is 0.768. The van der Waals surface area contributed by atoms with Crippen molar-refractivity contribution in [2.24, 2.45) is 11.3 Å². The number of amides is 1. The highest BCUT2D eigenvalue weighted by molar-refractivity contribution is 5.83. The third-order valence-electron chi connectivity index (χ3n) is 4.61. The normalized spacial score (nSPS) is 27.3. The number of carbonyl (C=O) groups excluding carboxylic acids is 1. The van der Waals surface area contributed by atoms with Crippen molar-refractivity contribution in [3.63, 3.8) is 0 Å². The molecule has 2 rings (SSSR count). The van der Waals surface area contributed by atoms with Gasteiger partial charge in [0.25, 0.3) is 0 Å². The van der Waals surface area contributed by atoms with E-state index in [9.17, 15) is 4.79 Å². The van der Waals surface area contributed by atoms with E-state index in [0.717, 1.165) is 64.2 Å². The summed E-state index contributed by atoms with van der Waals surface area (Å²) < 4.78 is 0. The number of nitrogens with zero attached hydrogens (tertiary/aromatic N) is 1. The number of hydrogen-bond acceptors (Lipinski definition) is 2. The lowest BCUT2D eigenvalue weighted by molar-refractivity contribution is -0.144. The predicted molar refractivity (Wildman–Crippen MR) is 79.0 cm³/mol. The summed E-state index contributed by atoms with van der Waals surface area (Å²) in [5.41, 5.74) is -0.100. The fourth-order valence-corrected chi connectivity index (χ4v) is 3.44. The summed E-state index contributed by atoms with van der Waals surface area (Å²) in [5, 5.41) is 3.46. The Labute approximate surface area is 118 Å². The highest BCUT2D eigenvalue weighted by atomic mass is 16.2. The first kappa shape index (κ1) is 14.8. The maximum Gasteiger partial charge on any atom is 0.230 e. The second kappa shape index (κ2) is 6.74. The third-order valence-corrected chi connectivity index (χ3v) is 4.61. The van der Waals surface area contributed by atoms with Gasteiger partial charge in [0, 0.05) is 19.6 Å². The fraction of sp³-hybridized carbons (Fsp3) is 0.938. The summed E-state index contributed by atoms with van der Waals surface area (Å²) in [4.78, 5) is 15.2. The molecule has 0 aromatic carbocycles. The average Bonchev–Trinajstić information content (AvgIpc) is 3.23. The summed E-state index contributed by atoms with van der Waals surface area (Å²) in [7, 11) is 0. The molecule has 1 unspecified atom stereocenters. The first-order valence-corrected chi connectivity index (χ1v) is 8.22. The van der Waals surface area contributed by atoms with E-state index in [1.165, 1.54) is 12.8 Å². The molecule has 3 nitrogen and oxygen atoms in total. The molecule has 2 fully saturated rings. The second-order valence-corrected chi connectivity index (χ2v) is 6.51. The minimum Gasteiger partial charge on any atom is -0.342 e. The lowest BCUT2D eigenvalue weighted by Gasteiger charge is -2.40. The molecule has 0 bridgehead atoms. The smallest absolute Gasteiger partial charge is 0.230 e. The summed E-state index contributed by atoms with van der Waals surface area (Å²) >= 11 is 0.